The molecule has 20 heavy (non-hydrogen) atoms. The Bertz CT molecular complexity index is 557. The number of ether oxygens (including phenoxy) is 2. The predicted molar refractivity (Wildman–Crippen MR) is 77.2 cm³/mol. The Balaban J connectivity index is 1.93. The van der Waals surface area contributed by atoms with Crippen LogP contribution in [0.1, 0.15) is 13.8 Å². The summed E-state index contributed by atoms with van der Waals surface area (Å²) in [5, 5.41) is 2.81. The van der Waals surface area contributed by atoms with Gasteiger partial charge in [-0.05, 0) is 19.9 Å². The van der Waals surface area contributed by atoms with Crippen LogP contribution in [0.3, 0.4) is 0 Å². The zero-order chi connectivity index (χ0) is 14.3. The number of fused-ring (bicyclic) bond motifs is 1. The first-order valence-corrected chi connectivity index (χ1v) is 6.70. The van der Waals surface area contributed by atoms with Crippen molar-refractivity contribution in [1.82, 2.24) is 0 Å². The van der Waals surface area contributed by atoms with Crippen molar-refractivity contribution in [2.45, 2.75) is 19.4 Å². The number of morpholine rings is 1. The average Bonchev–Trinajstić information content (AvgIpc) is 2.37. The fourth-order valence-corrected chi connectivity index (χ4v) is 2.63. The van der Waals surface area contributed by atoms with E-state index in [1.54, 1.807) is 6.07 Å². The minimum absolute atomic E-state index is 0.0381. The van der Waals surface area contributed by atoms with E-state index < -0.39 is 0 Å². The second-order valence-corrected chi connectivity index (χ2v) is 5.77. The maximum Gasteiger partial charge on any atom is 0.262 e. The largest absolute Gasteiger partial charge is 0.482 e. The second-order valence-electron chi connectivity index (χ2n) is 5.77. The zero-order valence-electron chi connectivity index (χ0n) is 11.7. The van der Waals surface area contributed by atoms with Crippen molar-refractivity contribution >= 4 is 23.0 Å². The van der Waals surface area contributed by atoms with E-state index in [1.165, 1.54) is 0 Å². The summed E-state index contributed by atoms with van der Waals surface area (Å²) in [5.74, 6) is 0.480. The summed E-state index contributed by atoms with van der Waals surface area (Å²) >= 11 is 0. The minimum Gasteiger partial charge on any atom is -0.482 e. The normalized spacial score (nSPS) is 20.9. The molecule has 1 fully saturated rings. The van der Waals surface area contributed by atoms with Gasteiger partial charge in [-0.25, -0.2) is 0 Å². The van der Waals surface area contributed by atoms with Crippen LogP contribution in [0.2, 0.25) is 0 Å². The van der Waals surface area contributed by atoms with E-state index in [0.29, 0.717) is 23.7 Å². The molecule has 2 heterocycles. The third kappa shape index (κ3) is 2.38. The molecule has 0 atom stereocenters. The highest BCUT2D eigenvalue weighted by molar-refractivity contribution is 5.97. The molecule has 0 radical (unpaired) electrons. The molecule has 0 spiro atoms. The van der Waals surface area contributed by atoms with Crippen molar-refractivity contribution in [1.29, 1.82) is 0 Å². The van der Waals surface area contributed by atoms with Gasteiger partial charge in [0.05, 0.1) is 29.3 Å². The highest BCUT2D eigenvalue weighted by Crippen LogP contribution is 2.38. The Morgan fingerprint density at radius 3 is 2.95 bits per heavy atom. The molecule has 0 aromatic heterocycles. The van der Waals surface area contributed by atoms with Crippen LogP contribution in [0.5, 0.6) is 5.75 Å². The van der Waals surface area contributed by atoms with E-state index in [9.17, 15) is 4.79 Å². The SMILES string of the molecule is CC1(C)CN(c2cc3c(cc2N)OCC(=O)N3)CCO1. The fraction of sp³-hybridized carbons (Fsp3) is 0.500. The van der Waals surface area contributed by atoms with Gasteiger partial charge in [0, 0.05) is 19.2 Å². The summed E-state index contributed by atoms with van der Waals surface area (Å²) in [6, 6.07) is 3.65. The number of nitrogens with zero attached hydrogens (tertiary/aromatic N) is 1. The summed E-state index contributed by atoms with van der Waals surface area (Å²) in [5.41, 5.74) is 8.15. The van der Waals surface area contributed by atoms with Crippen LogP contribution in [0, 0.1) is 0 Å². The van der Waals surface area contributed by atoms with Crippen molar-refractivity contribution in [3.05, 3.63) is 12.1 Å². The number of nitrogens with one attached hydrogen (secondary N) is 1. The Morgan fingerprint density at radius 1 is 1.40 bits per heavy atom. The number of anilines is 3. The number of carbonyl (C=O) groups excluding carboxylic acids is 1. The highest BCUT2D eigenvalue weighted by Gasteiger charge is 2.29. The first-order valence-electron chi connectivity index (χ1n) is 6.70. The standard InChI is InChI=1S/C14H19N3O3/c1-14(2)8-17(3-4-20-14)11-6-10-12(5-9(11)15)19-7-13(18)16-10/h5-6H,3-4,7-8,15H2,1-2H3,(H,16,18). The lowest BCUT2D eigenvalue weighted by atomic mass is 10.1. The third-order valence-electron chi connectivity index (χ3n) is 3.53. The monoisotopic (exact) mass is 277 g/mol. The molecule has 0 saturated carbocycles. The van der Waals surface area contributed by atoms with Crippen LogP contribution in [0.25, 0.3) is 0 Å². The van der Waals surface area contributed by atoms with Crippen LogP contribution in [0.4, 0.5) is 17.1 Å². The number of rotatable bonds is 1. The van der Waals surface area contributed by atoms with Crippen molar-refractivity contribution < 1.29 is 14.3 Å². The molecule has 108 valence electrons. The van der Waals surface area contributed by atoms with E-state index in [4.69, 9.17) is 15.2 Å². The van der Waals surface area contributed by atoms with E-state index in [1.807, 2.05) is 6.07 Å². The van der Waals surface area contributed by atoms with E-state index in [-0.39, 0.29) is 18.1 Å². The minimum atomic E-state index is -0.208. The van der Waals surface area contributed by atoms with Gasteiger partial charge in [-0.2, -0.15) is 0 Å². The number of carbonyl (C=O) groups is 1. The van der Waals surface area contributed by atoms with Crippen molar-refractivity contribution in [2.24, 2.45) is 0 Å². The van der Waals surface area contributed by atoms with Crippen LogP contribution >= 0.6 is 0 Å². The molecule has 2 aliphatic heterocycles. The topological polar surface area (TPSA) is 76.8 Å². The number of hydrogen-bond donors (Lipinski definition) is 2. The molecule has 1 aromatic carbocycles. The summed E-state index contributed by atoms with van der Waals surface area (Å²) in [6.45, 7) is 6.34. The molecule has 1 amide bonds. The van der Waals surface area contributed by atoms with Crippen molar-refractivity contribution in [3.8, 4) is 5.75 Å². The average molecular weight is 277 g/mol. The Kier molecular flexibility index (Phi) is 2.97. The molecule has 0 bridgehead atoms. The van der Waals surface area contributed by atoms with E-state index >= 15 is 0 Å². The molecule has 6 heteroatoms. The lowest BCUT2D eigenvalue weighted by Crippen LogP contribution is -2.48. The summed E-state index contributed by atoms with van der Waals surface area (Å²) in [4.78, 5) is 13.6. The smallest absolute Gasteiger partial charge is 0.262 e. The van der Waals surface area contributed by atoms with Gasteiger partial charge < -0.3 is 25.4 Å². The molecular weight excluding hydrogens is 258 g/mol. The molecule has 2 aliphatic rings. The second kappa shape index (κ2) is 4.56. The fourth-order valence-electron chi connectivity index (χ4n) is 2.63. The van der Waals surface area contributed by atoms with Crippen LogP contribution < -0.4 is 20.7 Å². The van der Waals surface area contributed by atoms with Gasteiger partial charge in [-0.1, -0.05) is 0 Å². The highest BCUT2D eigenvalue weighted by atomic mass is 16.5. The molecule has 1 aromatic rings. The van der Waals surface area contributed by atoms with Crippen molar-refractivity contribution in [2.75, 3.05) is 42.3 Å². The Morgan fingerprint density at radius 2 is 2.20 bits per heavy atom. The molecule has 3 N–H and O–H groups in total. The number of nitrogens with two attached hydrogens (primary N) is 1. The van der Waals surface area contributed by atoms with Gasteiger partial charge in [0.15, 0.2) is 6.61 Å². The van der Waals surface area contributed by atoms with Crippen LogP contribution in [-0.2, 0) is 9.53 Å². The van der Waals surface area contributed by atoms with Gasteiger partial charge in [0.2, 0.25) is 0 Å². The molecule has 6 nitrogen and oxygen atoms in total. The quantitative estimate of drug-likeness (QED) is 0.755. The molecule has 0 aliphatic carbocycles. The molecule has 3 rings (SSSR count). The molecular formula is C14H19N3O3. The lowest BCUT2D eigenvalue weighted by molar-refractivity contribution is -0.118. The van der Waals surface area contributed by atoms with Gasteiger partial charge in [-0.15, -0.1) is 0 Å². The summed E-state index contributed by atoms with van der Waals surface area (Å²) in [6.07, 6.45) is 0. The van der Waals surface area contributed by atoms with Crippen LogP contribution in [-0.4, -0.2) is 37.8 Å². The first-order chi connectivity index (χ1) is 9.44. The number of hydrogen-bond acceptors (Lipinski definition) is 5. The number of nitrogen functional groups attached to an aromatic ring is 1. The maximum absolute atomic E-state index is 11.4. The van der Waals surface area contributed by atoms with E-state index in [0.717, 1.165) is 18.8 Å². The predicted octanol–water partition coefficient (Wildman–Crippen LogP) is 1.21. The summed E-state index contributed by atoms with van der Waals surface area (Å²) in [7, 11) is 0. The van der Waals surface area contributed by atoms with E-state index in [2.05, 4.69) is 24.1 Å². The third-order valence-corrected chi connectivity index (χ3v) is 3.53. The Labute approximate surface area is 117 Å². The van der Waals surface area contributed by atoms with Gasteiger partial charge in [0.1, 0.15) is 5.75 Å². The van der Waals surface area contributed by atoms with Crippen LogP contribution in [0.15, 0.2) is 12.1 Å². The number of benzene rings is 1. The molecule has 0 unspecified atom stereocenters. The lowest BCUT2D eigenvalue weighted by Gasteiger charge is -2.40. The van der Waals surface area contributed by atoms with Gasteiger partial charge in [-0.3, -0.25) is 4.79 Å². The number of amides is 1. The zero-order valence-corrected chi connectivity index (χ0v) is 11.7. The first kappa shape index (κ1) is 13.1. The maximum atomic E-state index is 11.4. The van der Waals surface area contributed by atoms with Gasteiger partial charge in [0.25, 0.3) is 5.91 Å². The molecule has 1 saturated heterocycles. The summed E-state index contributed by atoms with van der Waals surface area (Å²) < 4.78 is 11.1. The van der Waals surface area contributed by atoms with Crippen molar-refractivity contribution in [3.63, 3.8) is 0 Å². The van der Waals surface area contributed by atoms with Gasteiger partial charge >= 0.3 is 0 Å². The Hall–Kier alpha value is -1.95.